The molecule has 28 rings (SSSR count). The molecule has 3 fully saturated rings. The van der Waals surface area contributed by atoms with Crippen LogP contribution in [0.3, 0.4) is 0 Å². The summed E-state index contributed by atoms with van der Waals surface area (Å²) in [5.41, 5.74) is 12.3. The number of hydrogen-bond acceptors (Lipinski definition) is 12. The van der Waals surface area contributed by atoms with Crippen LogP contribution in [0.1, 0.15) is 110 Å². The molecule has 20 bridgehead atoms. The Morgan fingerprint density at radius 2 is 0.281 bits per heavy atom. The van der Waals surface area contributed by atoms with E-state index in [1.54, 1.807) is 42.7 Å². The third-order valence-corrected chi connectivity index (χ3v) is 20.3. The lowest BCUT2D eigenvalue weighted by atomic mass is 9.69. The second-order valence-electron chi connectivity index (χ2n) is 25.6. The lowest BCUT2D eigenvalue weighted by Crippen LogP contribution is -2.43. The van der Waals surface area contributed by atoms with Crippen LogP contribution in [-0.2, 0) is 90.4 Å². The fourth-order valence-electron chi connectivity index (χ4n) is 14.7. The van der Waals surface area contributed by atoms with Gasteiger partial charge in [0, 0.05) is 42.7 Å². The molecule has 19 aliphatic rings. The molecule has 0 unspecified atom stereocenters. The molecule has 9 aromatic carbocycles. The zero-order valence-electron chi connectivity index (χ0n) is 56.7. The summed E-state index contributed by atoms with van der Waals surface area (Å²) in [7, 11) is 10.1. The number of ether oxygens (including phenoxy) is 12. The van der Waals surface area contributed by atoms with Gasteiger partial charge in [0.15, 0.2) is 0 Å². The van der Waals surface area contributed by atoms with E-state index in [4.69, 9.17) is 56.8 Å². The molecule has 0 radical (unpaired) electrons. The van der Waals surface area contributed by atoms with Gasteiger partial charge in [0.25, 0.3) is 0 Å². The summed E-state index contributed by atoms with van der Waals surface area (Å²) < 4.78 is 73.8. The van der Waals surface area contributed by atoms with Gasteiger partial charge in [-0.15, -0.1) is 0 Å². The molecule has 0 aliphatic heterocycles. The first-order valence-electron chi connectivity index (χ1n) is 33.6. The van der Waals surface area contributed by atoms with Crippen molar-refractivity contribution in [3.63, 3.8) is 0 Å². The summed E-state index contributed by atoms with van der Waals surface area (Å²) in [6.45, 7) is 1.07. The van der Waals surface area contributed by atoms with E-state index >= 15 is 0 Å². The number of hydrogen-bond donors (Lipinski definition) is 0. The van der Waals surface area contributed by atoms with Crippen molar-refractivity contribution >= 4 is 0 Å². The molecule has 0 amide bonds. The number of rotatable bonds is 18. The molecular formula is C84H94O12. The van der Waals surface area contributed by atoms with Crippen LogP contribution in [-0.4, -0.2) is 83.4 Å². The lowest BCUT2D eigenvalue weighted by molar-refractivity contribution is -0.203. The van der Waals surface area contributed by atoms with Crippen LogP contribution in [0.2, 0.25) is 0 Å². The molecule has 3 saturated carbocycles. The van der Waals surface area contributed by atoms with Crippen molar-refractivity contribution in [2.45, 2.75) is 111 Å². The quantitative estimate of drug-likeness (QED) is 0.0763. The molecule has 0 spiro atoms. The molecule has 0 N–H and O–H groups in total. The summed E-state index contributed by atoms with van der Waals surface area (Å²) in [4.78, 5) is 0. The molecule has 19 aliphatic carbocycles. The summed E-state index contributed by atoms with van der Waals surface area (Å²) in [5, 5.41) is 0. The Labute approximate surface area is 568 Å². The highest BCUT2D eigenvalue weighted by atomic mass is 16.7. The monoisotopic (exact) mass is 1290 g/mol. The van der Waals surface area contributed by atoms with E-state index in [-0.39, 0.29) is 40.8 Å². The maximum Gasteiger partial charge on any atom is 0.147 e. The number of benzene rings is 9. The van der Waals surface area contributed by atoms with Crippen LogP contribution in [0.5, 0.6) is 0 Å². The topological polar surface area (TPSA) is 111 Å². The Hall–Kier alpha value is -7.50. The smallest absolute Gasteiger partial charge is 0.147 e. The Morgan fingerprint density at radius 3 is 0.385 bits per heavy atom. The van der Waals surface area contributed by atoms with Crippen molar-refractivity contribution in [1.82, 2.24) is 0 Å². The van der Waals surface area contributed by atoms with E-state index in [0.29, 0.717) is 0 Å². The minimum atomic E-state index is -0.581. The first-order valence-corrected chi connectivity index (χ1v) is 33.6. The molecule has 0 atom stereocenters. The van der Waals surface area contributed by atoms with Gasteiger partial charge >= 0.3 is 0 Å². The van der Waals surface area contributed by atoms with E-state index in [1.807, 2.05) is 72.8 Å². The van der Waals surface area contributed by atoms with Crippen LogP contribution in [0.4, 0.5) is 0 Å². The molecule has 9 aromatic rings. The maximum atomic E-state index is 6.73. The van der Waals surface area contributed by atoms with Gasteiger partial charge in [-0.1, -0.05) is 243 Å². The van der Waals surface area contributed by atoms with Crippen molar-refractivity contribution in [2.75, 3.05) is 83.4 Å². The predicted molar refractivity (Wildman–Crippen MR) is 377 cm³/mol. The molecule has 0 heterocycles. The normalized spacial score (nSPS) is 23.4. The predicted octanol–water partition coefficient (Wildman–Crippen LogP) is 18.8. The van der Waals surface area contributed by atoms with Crippen molar-refractivity contribution in [1.29, 1.82) is 0 Å². The van der Waals surface area contributed by atoms with Crippen molar-refractivity contribution in [3.8, 4) is 44.5 Å². The highest BCUT2D eigenvalue weighted by molar-refractivity contribution is 5.71. The first-order chi connectivity index (χ1) is 47.1. The zero-order valence-corrected chi connectivity index (χ0v) is 56.7. The highest BCUT2D eigenvalue weighted by Gasteiger charge is 2.50. The standard InChI is InChI=1S/C72H82O12.2C6H6/c1-73-47-79-67-35-39-69(40-36-67,81-49-75-3)63-27-15-57(16-28-63)59-19-31-65(32-20-59)71(83-51-77-5)43-45-72(46-44-71,84-52-78-6)66-33-21-60(22-34-66)58-17-29-64(30-18-58)70(82-50-76-4)41-37-68(38-42-70,80-48-74-2)62-25-13-56(14-26-62)54-9-7-53(8-10-54)55-11-23-61(67)24-12-55;2*1-2-4-6-5-3-1/h7-34H,35-52H2,1-6H3;2*1-6H. The Balaban J connectivity index is 0.000000704. The summed E-state index contributed by atoms with van der Waals surface area (Å²) in [5.74, 6) is 0. The fraction of sp³-hybridized carbons (Fsp3) is 0.357. The van der Waals surface area contributed by atoms with Crippen LogP contribution in [0, 0.1) is 0 Å². The second kappa shape index (κ2) is 33.2. The summed E-state index contributed by atoms with van der Waals surface area (Å²) in [6.07, 6.45) is 8.70. The largest absolute Gasteiger partial charge is 0.359 e. The van der Waals surface area contributed by atoms with Crippen LogP contribution in [0.25, 0.3) is 44.5 Å². The summed E-state index contributed by atoms with van der Waals surface area (Å²) >= 11 is 0. The molecular weight excluding hydrogens is 1200 g/mol. The second-order valence-corrected chi connectivity index (χ2v) is 25.6. The Kier molecular flexibility index (Phi) is 24.1. The fourth-order valence-corrected chi connectivity index (χ4v) is 14.7. The van der Waals surface area contributed by atoms with Gasteiger partial charge in [-0.3, -0.25) is 0 Å². The van der Waals surface area contributed by atoms with Gasteiger partial charge in [-0.25, -0.2) is 0 Å². The van der Waals surface area contributed by atoms with Crippen molar-refractivity contribution in [3.05, 3.63) is 276 Å². The third-order valence-electron chi connectivity index (χ3n) is 20.3. The minimum absolute atomic E-state index is 0.175. The average molecular weight is 1300 g/mol. The van der Waals surface area contributed by atoms with Gasteiger partial charge in [-0.05, 0) is 155 Å². The third kappa shape index (κ3) is 16.0. The number of methoxy groups -OCH3 is 6. The molecule has 0 saturated heterocycles. The van der Waals surface area contributed by atoms with Crippen LogP contribution >= 0.6 is 0 Å². The van der Waals surface area contributed by atoms with E-state index < -0.39 is 33.6 Å². The first kappa shape index (κ1) is 69.8. The molecule has 96 heavy (non-hydrogen) atoms. The molecule has 12 nitrogen and oxygen atoms in total. The van der Waals surface area contributed by atoms with Gasteiger partial charge in [0.05, 0.1) is 33.6 Å². The molecule has 12 heteroatoms. The maximum absolute atomic E-state index is 6.73. The minimum Gasteiger partial charge on any atom is -0.359 e. The van der Waals surface area contributed by atoms with Gasteiger partial charge in [0.2, 0.25) is 0 Å². The van der Waals surface area contributed by atoms with Gasteiger partial charge in [0.1, 0.15) is 40.8 Å². The SMILES string of the molecule is COCOC12CCC(OCOC)(CC1)c1ccc(cc1)-c1ccc(cc1)C1(OCOC)CCC(OCOC)(CC1)c1ccc(cc1)-c1ccc(cc1)C1(OCOC)CCC(OCOC)(CC1)c1ccc(cc1)-c1ccc(cc1)-c1ccc2cc1.c1ccccc1.c1ccccc1. The Bertz CT molecular complexity index is 3410. The Morgan fingerprint density at radius 1 is 0.177 bits per heavy atom. The van der Waals surface area contributed by atoms with Crippen LogP contribution < -0.4 is 0 Å². The van der Waals surface area contributed by atoms with E-state index in [1.165, 1.54) is 0 Å². The van der Waals surface area contributed by atoms with E-state index in [9.17, 15) is 0 Å². The highest BCUT2D eigenvalue weighted by Crippen LogP contribution is 2.54. The zero-order chi connectivity index (χ0) is 66.6. The summed E-state index contributed by atoms with van der Waals surface area (Å²) in [6, 6.07) is 85.9. The van der Waals surface area contributed by atoms with Gasteiger partial charge in [-0.2, -0.15) is 0 Å². The van der Waals surface area contributed by atoms with Crippen molar-refractivity contribution < 1.29 is 56.8 Å². The lowest BCUT2D eigenvalue weighted by Gasteiger charge is -2.46. The van der Waals surface area contributed by atoms with E-state index in [2.05, 4.69) is 170 Å². The molecule has 502 valence electrons. The molecule has 0 aromatic heterocycles. The van der Waals surface area contributed by atoms with Crippen LogP contribution in [0.15, 0.2) is 243 Å². The van der Waals surface area contributed by atoms with Gasteiger partial charge < -0.3 is 56.8 Å². The van der Waals surface area contributed by atoms with E-state index in [0.717, 1.165) is 155 Å². The average Bonchev–Trinajstić information content (AvgIpc) is 0.772. The van der Waals surface area contributed by atoms with Crippen molar-refractivity contribution in [2.24, 2.45) is 0 Å².